The second-order valence-corrected chi connectivity index (χ2v) is 8.96. The van der Waals surface area contributed by atoms with Crippen LogP contribution < -0.4 is 9.47 Å². The molecular formula is C27H27N3O3. The Balaban J connectivity index is 1.28. The minimum Gasteiger partial charge on any atom is -0.490 e. The van der Waals surface area contributed by atoms with E-state index in [1.807, 2.05) is 18.2 Å². The standard InChI is InChI=1S/C27H27N3O3/c1-18-29-26(30-33-18)25-17-24(15-16-28-25)32-23-13-9-20(10-14-23)27(2,3)19-7-11-22(12-8-19)31-21-5-4-6-21/h7-17,21H,4-6H2,1-3H3. The smallest absolute Gasteiger partial charge is 0.223 e. The zero-order valence-electron chi connectivity index (χ0n) is 19.1. The summed E-state index contributed by atoms with van der Waals surface area (Å²) in [6.45, 7) is 6.21. The van der Waals surface area contributed by atoms with Gasteiger partial charge < -0.3 is 14.0 Å². The zero-order chi connectivity index (χ0) is 22.8. The first-order valence-electron chi connectivity index (χ1n) is 11.3. The lowest BCUT2D eigenvalue weighted by molar-refractivity contribution is 0.120. The number of hydrogen-bond donors (Lipinski definition) is 0. The molecule has 6 heteroatoms. The third kappa shape index (κ3) is 4.60. The molecule has 5 rings (SSSR count). The van der Waals surface area contributed by atoms with Crippen molar-refractivity contribution < 1.29 is 14.0 Å². The summed E-state index contributed by atoms with van der Waals surface area (Å²) in [4.78, 5) is 8.52. The number of benzene rings is 2. The van der Waals surface area contributed by atoms with Gasteiger partial charge in [0.1, 0.15) is 22.9 Å². The molecule has 0 amide bonds. The maximum Gasteiger partial charge on any atom is 0.223 e. The SMILES string of the molecule is Cc1nc(-c2cc(Oc3ccc(C(C)(C)c4ccc(OC5CCC5)cc4)cc3)ccn2)no1. The maximum absolute atomic E-state index is 6.05. The van der Waals surface area contributed by atoms with Crippen molar-refractivity contribution in [3.63, 3.8) is 0 Å². The van der Waals surface area contributed by atoms with Crippen molar-refractivity contribution in [1.82, 2.24) is 15.1 Å². The highest BCUT2D eigenvalue weighted by Gasteiger charge is 2.24. The second-order valence-electron chi connectivity index (χ2n) is 8.96. The molecule has 2 heterocycles. The number of rotatable bonds is 7. The lowest BCUT2D eigenvalue weighted by Gasteiger charge is -2.28. The van der Waals surface area contributed by atoms with Crippen LogP contribution in [0.25, 0.3) is 11.5 Å². The van der Waals surface area contributed by atoms with Crippen LogP contribution in [0.15, 0.2) is 71.4 Å². The van der Waals surface area contributed by atoms with E-state index in [4.69, 9.17) is 14.0 Å². The summed E-state index contributed by atoms with van der Waals surface area (Å²) in [6, 6.07) is 20.3. The molecule has 2 aromatic carbocycles. The minimum atomic E-state index is -0.145. The molecule has 0 N–H and O–H groups in total. The van der Waals surface area contributed by atoms with Gasteiger partial charge in [0.15, 0.2) is 0 Å². The van der Waals surface area contributed by atoms with Gasteiger partial charge in [-0.15, -0.1) is 0 Å². The predicted octanol–water partition coefficient (Wildman–Crippen LogP) is 6.49. The summed E-state index contributed by atoms with van der Waals surface area (Å²) in [5.74, 6) is 3.31. The van der Waals surface area contributed by atoms with Crippen LogP contribution in [-0.4, -0.2) is 21.2 Å². The van der Waals surface area contributed by atoms with E-state index in [1.165, 1.54) is 30.4 Å². The van der Waals surface area contributed by atoms with Gasteiger partial charge in [0.25, 0.3) is 0 Å². The van der Waals surface area contributed by atoms with Crippen molar-refractivity contribution in [2.75, 3.05) is 0 Å². The summed E-state index contributed by atoms with van der Waals surface area (Å²) in [5.41, 5.74) is 2.91. The molecule has 2 aromatic heterocycles. The Morgan fingerprint density at radius 1 is 0.879 bits per heavy atom. The van der Waals surface area contributed by atoms with E-state index in [2.05, 4.69) is 65.4 Å². The van der Waals surface area contributed by atoms with Crippen LogP contribution in [0.4, 0.5) is 0 Å². The number of ether oxygens (including phenoxy) is 2. The molecule has 1 aliphatic carbocycles. The number of nitrogens with zero attached hydrogens (tertiary/aromatic N) is 3. The molecule has 0 aliphatic heterocycles. The number of aromatic nitrogens is 3. The summed E-state index contributed by atoms with van der Waals surface area (Å²) in [7, 11) is 0. The Morgan fingerprint density at radius 2 is 1.55 bits per heavy atom. The third-order valence-electron chi connectivity index (χ3n) is 6.23. The lowest BCUT2D eigenvalue weighted by Crippen LogP contribution is -2.24. The molecule has 1 saturated carbocycles. The number of pyridine rings is 1. The van der Waals surface area contributed by atoms with Gasteiger partial charge in [-0.25, -0.2) is 0 Å². The molecule has 1 fully saturated rings. The molecule has 6 nitrogen and oxygen atoms in total. The highest BCUT2D eigenvalue weighted by Crippen LogP contribution is 2.35. The minimum absolute atomic E-state index is 0.145. The number of hydrogen-bond acceptors (Lipinski definition) is 6. The number of aryl methyl sites for hydroxylation is 1. The van der Waals surface area contributed by atoms with Gasteiger partial charge in [-0.3, -0.25) is 4.98 Å². The highest BCUT2D eigenvalue weighted by atomic mass is 16.5. The normalized spacial score (nSPS) is 14.0. The van der Waals surface area contributed by atoms with Crippen LogP contribution in [0.1, 0.15) is 50.1 Å². The van der Waals surface area contributed by atoms with E-state index in [0.717, 1.165) is 11.5 Å². The molecule has 1 aliphatic rings. The van der Waals surface area contributed by atoms with Crippen molar-refractivity contribution in [3.05, 3.63) is 83.9 Å². The average Bonchev–Trinajstić information content (AvgIpc) is 3.24. The van der Waals surface area contributed by atoms with Crippen LogP contribution in [0.3, 0.4) is 0 Å². The van der Waals surface area contributed by atoms with Crippen LogP contribution in [-0.2, 0) is 5.41 Å². The molecule has 168 valence electrons. The van der Waals surface area contributed by atoms with Crippen molar-refractivity contribution in [1.29, 1.82) is 0 Å². The fraction of sp³-hybridized carbons (Fsp3) is 0.296. The molecule has 33 heavy (non-hydrogen) atoms. The zero-order valence-corrected chi connectivity index (χ0v) is 19.1. The molecule has 0 saturated heterocycles. The average molecular weight is 442 g/mol. The van der Waals surface area contributed by atoms with Crippen molar-refractivity contribution in [2.24, 2.45) is 0 Å². The van der Waals surface area contributed by atoms with Gasteiger partial charge in [0.05, 0.1) is 6.10 Å². The largest absolute Gasteiger partial charge is 0.490 e. The van der Waals surface area contributed by atoms with Crippen molar-refractivity contribution in [2.45, 2.75) is 51.6 Å². The highest BCUT2D eigenvalue weighted by molar-refractivity contribution is 5.51. The predicted molar refractivity (Wildman–Crippen MR) is 126 cm³/mol. The Hall–Kier alpha value is -3.67. The van der Waals surface area contributed by atoms with Crippen molar-refractivity contribution >= 4 is 0 Å². The first-order valence-corrected chi connectivity index (χ1v) is 11.3. The Kier molecular flexibility index (Phi) is 5.58. The fourth-order valence-corrected chi connectivity index (χ4v) is 3.87. The second kappa shape index (κ2) is 8.70. The van der Waals surface area contributed by atoms with Gasteiger partial charge in [-0.1, -0.05) is 43.3 Å². The van der Waals surface area contributed by atoms with Crippen molar-refractivity contribution in [3.8, 4) is 28.8 Å². The summed E-state index contributed by atoms with van der Waals surface area (Å²) in [6.07, 6.45) is 5.67. The lowest BCUT2D eigenvalue weighted by atomic mass is 9.78. The molecule has 0 atom stereocenters. The third-order valence-corrected chi connectivity index (χ3v) is 6.23. The van der Waals surface area contributed by atoms with Crippen LogP contribution >= 0.6 is 0 Å². The van der Waals surface area contributed by atoms with Crippen LogP contribution in [0.5, 0.6) is 17.2 Å². The molecule has 0 spiro atoms. The van der Waals surface area contributed by atoms with Crippen LogP contribution in [0, 0.1) is 6.92 Å². The maximum atomic E-state index is 6.05. The molecule has 0 radical (unpaired) electrons. The molecule has 0 unspecified atom stereocenters. The van der Waals surface area contributed by atoms with Gasteiger partial charge >= 0.3 is 0 Å². The summed E-state index contributed by atoms with van der Waals surface area (Å²) >= 11 is 0. The van der Waals surface area contributed by atoms with Crippen LogP contribution in [0.2, 0.25) is 0 Å². The summed E-state index contributed by atoms with van der Waals surface area (Å²) in [5, 5.41) is 3.92. The fourth-order valence-electron chi connectivity index (χ4n) is 3.87. The van der Waals surface area contributed by atoms with Gasteiger partial charge in [0.2, 0.25) is 11.7 Å². The van der Waals surface area contributed by atoms with Gasteiger partial charge in [0, 0.05) is 24.6 Å². The van der Waals surface area contributed by atoms with E-state index in [-0.39, 0.29) is 5.41 Å². The van der Waals surface area contributed by atoms with E-state index in [0.29, 0.717) is 29.3 Å². The summed E-state index contributed by atoms with van der Waals surface area (Å²) < 4.78 is 17.1. The molecular weight excluding hydrogens is 414 g/mol. The van der Waals surface area contributed by atoms with Gasteiger partial charge in [-0.05, 0) is 60.7 Å². The van der Waals surface area contributed by atoms with E-state index < -0.39 is 0 Å². The van der Waals surface area contributed by atoms with E-state index >= 15 is 0 Å². The first-order chi connectivity index (χ1) is 16.0. The van der Waals surface area contributed by atoms with E-state index in [9.17, 15) is 0 Å². The first kappa shape index (κ1) is 21.2. The Morgan fingerprint density at radius 3 is 2.12 bits per heavy atom. The molecule has 0 bridgehead atoms. The Labute approximate surface area is 193 Å². The topological polar surface area (TPSA) is 70.3 Å². The monoisotopic (exact) mass is 441 g/mol. The van der Waals surface area contributed by atoms with E-state index in [1.54, 1.807) is 19.2 Å². The Bertz CT molecular complexity index is 1230. The quantitative estimate of drug-likeness (QED) is 0.326. The van der Waals surface area contributed by atoms with Gasteiger partial charge in [-0.2, -0.15) is 4.98 Å². The molecule has 4 aromatic rings.